The summed E-state index contributed by atoms with van der Waals surface area (Å²) in [6.07, 6.45) is 2.51. The number of carbonyl (C=O) groups is 1. The van der Waals surface area contributed by atoms with Crippen molar-refractivity contribution in [2.45, 2.75) is 45.9 Å². The van der Waals surface area contributed by atoms with Gasteiger partial charge in [-0.1, -0.05) is 33.8 Å². The lowest BCUT2D eigenvalue weighted by atomic mass is 9.93. The molecule has 2 aromatic heterocycles. The van der Waals surface area contributed by atoms with E-state index >= 15 is 9.13 Å². The number of Topliss-reactive ketones (excluding diaryl/α,β-unsaturated/α-hetero) is 1. The average molecular weight is 623 g/mol. The van der Waals surface area contributed by atoms with Gasteiger partial charge >= 0.3 is 0 Å². The summed E-state index contributed by atoms with van der Waals surface area (Å²) >= 11 is 1.45. The third-order valence-electron chi connectivity index (χ3n) is 8.40. The summed E-state index contributed by atoms with van der Waals surface area (Å²) < 4.78 is 38.4. The summed E-state index contributed by atoms with van der Waals surface area (Å²) in [5.74, 6) is 0.901. The molecule has 2 aliphatic rings. The van der Waals surface area contributed by atoms with Gasteiger partial charge in [-0.2, -0.15) is 0 Å². The van der Waals surface area contributed by atoms with Crippen molar-refractivity contribution in [3.63, 3.8) is 0 Å². The minimum Gasteiger partial charge on any atom is -0.359 e. The second-order valence-corrected chi connectivity index (χ2v) is 21.4. The first-order valence-corrected chi connectivity index (χ1v) is 18.5. The van der Waals surface area contributed by atoms with E-state index < -0.39 is 20.3 Å². The number of thiophene rings is 1. The first kappa shape index (κ1) is 32.5. The number of carbonyl (C=O) groups excluding carboxylic acids is 1. The maximum atomic E-state index is 15.2. The zero-order valence-corrected chi connectivity index (χ0v) is 28.8. The molecule has 0 atom stereocenters. The quantitative estimate of drug-likeness (QED) is 0.250. The number of hydrogen-bond donors (Lipinski definition) is 0. The number of rotatable bonds is 9. The fraction of sp³-hybridized carbons (Fsp3) is 0.655. The maximum absolute atomic E-state index is 15.2. The standard InChI is InChI=1S/C29H48N6O3P2S/c1-28(2)19-32(6)39(37,33(7)20-28)27(40(38)34(8)21-29(3,4)22-35(40)9)18-23-13-14-25(41-23)24(36)15-17-31(5)26-12-10-11-16-30-26/h10-14,16,27H,15,17-22H2,1-9H3. The van der Waals surface area contributed by atoms with E-state index in [2.05, 4.69) is 32.7 Å². The monoisotopic (exact) mass is 622 g/mol. The lowest BCUT2D eigenvalue weighted by molar-refractivity contribution is 0.0988. The lowest BCUT2D eigenvalue weighted by Gasteiger charge is -2.55. The van der Waals surface area contributed by atoms with Gasteiger partial charge in [0.25, 0.3) is 0 Å². The highest BCUT2D eigenvalue weighted by Crippen LogP contribution is 2.76. The van der Waals surface area contributed by atoms with Gasteiger partial charge in [0.2, 0.25) is 14.9 Å². The van der Waals surface area contributed by atoms with Crippen LogP contribution in [0.3, 0.4) is 0 Å². The van der Waals surface area contributed by atoms with Gasteiger partial charge < -0.3 is 4.90 Å². The Balaban J connectivity index is 1.62. The van der Waals surface area contributed by atoms with E-state index in [-0.39, 0.29) is 16.6 Å². The van der Waals surface area contributed by atoms with Crippen LogP contribution in [0.5, 0.6) is 0 Å². The molecule has 0 unspecified atom stereocenters. The molecular weight excluding hydrogens is 574 g/mol. The molecule has 0 aliphatic carbocycles. The molecule has 0 bridgehead atoms. The average Bonchev–Trinajstić information content (AvgIpc) is 3.36. The van der Waals surface area contributed by atoms with Gasteiger partial charge in [-0.25, -0.2) is 23.7 Å². The molecule has 4 rings (SSSR count). The van der Waals surface area contributed by atoms with E-state index in [1.165, 1.54) is 11.3 Å². The Morgan fingerprint density at radius 1 is 0.902 bits per heavy atom. The highest BCUT2D eigenvalue weighted by molar-refractivity contribution is 7.77. The van der Waals surface area contributed by atoms with Crippen LogP contribution in [0.2, 0.25) is 0 Å². The van der Waals surface area contributed by atoms with Gasteiger partial charge in [0, 0.05) is 63.7 Å². The third kappa shape index (κ3) is 6.59. The van der Waals surface area contributed by atoms with Gasteiger partial charge in [-0.05, 0) is 63.3 Å². The van der Waals surface area contributed by atoms with Gasteiger partial charge in [0.05, 0.1) is 4.88 Å². The number of hydrogen-bond acceptors (Lipinski definition) is 6. The Bertz CT molecular complexity index is 1250. The van der Waals surface area contributed by atoms with Crippen LogP contribution in [0.1, 0.15) is 48.7 Å². The van der Waals surface area contributed by atoms with Crippen LogP contribution in [0.4, 0.5) is 5.82 Å². The van der Waals surface area contributed by atoms with Crippen molar-refractivity contribution in [1.82, 2.24) is 23.7 Å². The van der Waals surface area contributed by atoms with Crippen molar-refractivity contribution in [2.75, 3.05) is 72.9 Å². The Labute approximate surface area is 250 Å². The first-order valence-electron chi connectivity index (χ1n) is 14.3. The van der Waals surface area contributed by atoms with E-state index in [1.807, 2.05) is 89.2 Å². The molecule has 228 valence electrons. The van der Waals surface area contributed by atoms with Crippen molar-refractivity contribution in [1.29, 1.82) is 0 Å². The summed E-state index contributed by atoms with van der Waals surface area (Å²) in [7, 11) is 3.13. The minimum absolute atomic E-state index is 0.0340. The van der Waals surface area contributed by atoms with E-state index in [1.54, 1.807) is 6.20 Å². The van der Waals surface area contributed by atoms with Crippen LogP contribution in [0.25, 0.3) is 0 Å². The molecule has 4 heterocycles. The van der Waals surface area contributed by atoms with Crippen molar-refractivity contribution in [3.8, 4) is 0 Å². The summed E-state index contributed by atoms with van der Waals surface area (Å²) in [5.41, 5.74) is -0.0679. The first-order chi connectivity index (χ1) is 19.0. The van der Waals surface area contributed by atoms with Gasteiger partial charge in [-0.3, -0.25) is 13.9 Å². The van der Waals surface area contributed by atoms with Crippen LogP contribution < -0.4 is 4.90 Å². The number of ketones is 1. The van der Waals surface area contributed by atoms with Gasteiger partial charge in [-0.15, -0.1) is 11.3 Å². The normalized spacial score (nSPS) is 23.1. The molecule has 2 aromatic rings. The predicted molar refractivity (Wildman–Crippen MR) is 172 cm³/mol. The second kappa shape index (κ2) is 12.0. The molecule has 2 saturated heterocycles. The summed E-state index contributed by atoms with van der Waals surface area (Å²) in [6, 6.07) is 9.58. The molecule has 9 nitrogen and oxygen atoms in total. The third-order valence-corrected chi connectivity index (χ3v) is 17.7. The van der Waals surface area contributed by atoms with Gasteiger partial charge in [0.1, 0.15) is 11.2 Å². The van der Waals surface area contributed by atoms with Crippen LogP contribution in [0.15, 0.2) is 36.5 Å². The molecule has 12 heteroatoms. The zero-order valence-electron chi connectivity index (χ0n) is 26.2. The molecule has 2 aliphatic heterocycles. The molecule has 0 radical (unpaired) electrons. The van der Waals surface area contributed by atoms with Crippen LogP contribution >= 0.6 is 26.2 Å². The topological polar surface area (TPSA) is 80.3 Å². The zero-order chi connectivity index (χ0) is 30.4. The molecule has 41 heavy (non-hydrogen) atoms. The molecule has 0 amide bonds. The summed E-state index contributed by atoms with van der Waals surface area (Å²) in [5, 5.41) is -0.607. The Hall–Kier alpha value is -1.38. The number of nitrogens with zero attached hydrogens (tertiary/aromatic N) is 6. The molecule has 0 spiro atoms. The van der Waals surface area contributed by atoms with E-state index in [9.17, 15) is 4.79 Å². The molecule has 0 aromatic carbocycles. The Morgan fingerprint density at radius 3 is 1.88 bits per heavy atom. The molecule has 0 N–H and O–H groups in total. The van der Waals surface area contributed by atoms with Crippen molar-refractivity contribution < 1.29 is 13.9 Å². The number of aromatic nitrogens is 1. The second-order valence-electron chi connectivity index (χ2n) is 13.5. The maximum Gasteiger partial charge on any atom is 0.229 e. The number of anilines is 1. The molecular formula is C29H48N6O3P2S. The highest BCUT2D eigenvalue weighted by atomic mass is 32.1. The summed E-state index contributed by atoms with van der Waals surface area (Å²) in [6.45, 7) is 12.0. The molecule has 2 fully saturated rings. The van der Waals surface area contributed by atoms with Crippen LogP contribution in [0, 0.1) is 10.8 Å². The fourth-order valence-corrected chi connectivity index (χ4v) is 17.8. The van der Waals surface area contributed by atoms with E-state index in [0.29, 0.717) is 50.4 Å². The fourth-order valence-electron chi connectivity index (χ4n) is 6.75. The smallest absolute Gasteiger partial charge is 0.229 e. The van der Waals surface area contributed by atoms with Crippen LogP contribution in [-0.2, 0) is 15.6 Å². The Kier molecular flexibility index (Phi) is 9.48. The number of pyridine rings is 1. The predicted octanol–water partition coefficient (Wildman–Crippen LogP) is 5.91. The van der Waals surface area contributed by atoms with E-state index in [4.69, 9.17) is 0 Å². The Morgan fingerprint density at radius 2 is 1.41 bits per heavy atom. The minimum atomic E-state index is -3.25. The molecule has 0 saturated carbocycles. The van der Waals surface area contributed by atoms with Crippen molar-refractivity contribution in [2.24, 2.45) is 10.8 Å². The van der Waals surface area contributed by atoms with Crippen molar-refractivity contribution in [3.05, 3.63) is 46.3 Å². The lowest BCUT2D eigenvalue weighted by Crippen LogP contribution is -2.53. The van der Waals surface area contributed by atoms with E-state index in [0.717, 1.165) is 10.7 Å². The van der Waals surface area contributed by atoms with Crippen LogP contribution in [-0.4, -0.2) is 103 Å². The largest absolute Gasteiger partial charge is 0.359 e. The SMILES string of the molecule is CN(CCC(=O)c1ccc(CC(P2(=O)N(C)CC(C)(C)CN2C)P2(=O)N(C)CC(C)(C)CN2C)s1)c1ccccn1. The highest BCUT2D eigenvalue weighted by Gasteiger charge is 2.59. The summed E-state index contributed by atoms with van der Waals surface area (Å²) in [4.78, 5) is 21.1. The van der Waals surface area contributed by atoms with Crippen molar-refractivity contribution >= 4 is 37.8 Å². The van der Waals surface area contributed by atoms with Gasteiger partial charge in [0.15, 0.2) is 5.78 Å².